The number of aryl methyl sites for hydroxylation is 2. The summed E-state index contributed by atoms with van der Waals surface area (Å²) in [5.41, 5.74) is 3.07. The molecule has 1 aromatic carbocycles. The maximum atomic E-state index is 11.9. The van der Waals surface area contributed by atoms with Crippen molar-refractivity contribution in [3.8, 4) is 0 Å². The number of alkyl carbamates (subject to hydrolysis) is 1. The van der Waals surface area contributed by atoms with Crippen LogP contribution in [0.15, 0.2) is 18.2 Å². The highest BCUT2D eigenvalue weighted by molar-refractivity contribution is 5.68. The first-order valence-corrected chi connectivity index (χ1v) is 7.38. The maximum absolute atomic E-state index is 11.9. The Hall–Kier alpha value is -1.55. The average Bonchev–Trinajstić information content (AvgIpc) is 2.30. The summed E-state index contributed by atoms with van der Waals surface area (Å²) in [6.45, 7) is 9.64. The molecule has 0 spiro atoms. The van der Waals surface area contributed by atoms with E-state index < -0.39 is 11.7 Å². The predicted molar refractivity (Wildman–Crippen MR) is 84.5 cm³/mol. The standard InChI is InChI=1S/C17H27NO3/c1-12-6-7-14(13(2)10-12)11-15(8-9-19)18-16(20)21-17(3,4)5/h6-7,10,15,19H,8-9,11H2,1-5H3,(H,18,20). The van der Waals surface area contributed by atoms with E-state index in [2.05, 4.69) is 37.4 Å². The molecule has 1 aromatic rings. The van der Waals surface area contributed by atoms with Gasteiger partial charge in [-0.25, -0.2) is 4.79 Å². The molecule has 0 aliphatic carbocycles. The van der Waals surface area contributed by atoms with Gasteiger partial charge in [-0.3, -0.25) is 0 Å². The molecule has 0 aliphatic rings. The van der Waals surface area contributed by atoms with Crippen LogP contribution >= 0.6 is 0 Å². The molecule has 21 heavy (non-hydrogen) atoms. The van der Waals surface area contributed by atoms with E-state index >= 15 is 0 Å². The lowest BCUT2D eigenvalue weighted by molar-refractivity contribution is 0.0497. The molecule has 0 radical (unpaired) electrons. The Morgan fingerprint density at radius 3 is 2.52 bits per heavy atom. The molecule has 0 aromatic heterocycles. The third kappa shape index (κ3) is 6.63. The molecule has 4 heteroatoms. The quantitative estimate of drug-likeness (QED) is 0.877. The highest BCUT2D eigenvalue weighted by atomic mass is 16.6. The van der Waals surface area contributed by atoms with Gasteiger partial charge >= 0.3 is 6.09 Å². The molecule has 1 atom stereocenters. The fraction of sp³-hybridized carbons (Fsp3) is 0.588. The fourth-order valence-electron chi connectivity index (χ4n) is 2.20. The number of benzene rings is 1. The molecule has 0 saturated heterocycles. The van der Waals surface area contributed by atoms with Gasteiger partial charge in [0.1, 0.15) is 5.60 Å². The minimum Gasteiger partial charge on any atom is -0.444 e. The van der Waals surface area contributed by atoms with Crippen molar-refractivity contribution >= 4 is 6.09 Å². The number of carbonyl (C=O) groups is 1. The number of aliphatic hydroxyl groups excluding tert-OH is 1. The van der Waals surface area contributed by atoms with Crippen LogP contribution in [0.4, 0.5) is 4.79 Å². The number of nitrogens with one attached hydrogen (secondary N) is 1. The Bertz CT molecular complexity index is 477. The lowest BCUT2D eigenvalue weighted by Crippen LogP contribution is -2.40. The van der Waals surface area contributed by atoms with Crippen molar-refractivity contribution in [2.24, 2.45) is 0 Å². The lowest BCUT2D eigenvalue weighted by Gasteiger charge is -2.24. The van der Waals surface area contributed by atoms with Crippen LogP contribution in [0.2, 0.25) is 0 Å². The Balaban J connectivity index is 2.71. The molecule has 0 heterocycles. The molecule has 4 nitrogen and oxygen atoms in total. The lowest BCUT2D eigenvalue weighted by atomic mass is 9.98. The largest absolute Gasteiger partial charge is 0.444 e. The van der Waals surface area contributed by atoms with Gasteiger partial charge in [-0.2, -0.15) is 0 Å². The van der Waals surface area contributed by atoms with Crippen molar-refractivity contribution in [1.82, 2.24) is 5.32 Å². The molecule has 1 amide bonds. The highest BCUT2D eigenvalue weighted by Crippen LogP contribution is 2.14. The molecule has 1 unspecified atom stereocenters. The minimum atomic E-state index is -0.520. The monoisotopic (exact) mass is 293 g/mol. The summed E-state index contributed by atoms with van der Waals surface area (Å²) in [5, 5.41) is 12.0. The third-order valence-electron chi connectivity index (χ3n) is 3.16. The fourth-order valence-corrected chi connectivity index (χ4v) is 2.20. The van der Waals surface area contributed by atoms with Crippen molar-refractivity contribution in [3.05, 3.63) is 34.9 Å². The van der Waals surface area contributed by atoms with Gasteiger partial charge in [0.2, 0.25) is 0 Å². The van der Waals surface area contributed by atoms with Crippen molar-refractivity contribution in [3.63, 3.8) is 0 Å². The summed E-state index contributed by atoms with van der Waals surface area (Å²) in [6.07, 6.45) is 0.754. The Morgan fingerprint density at radius 1 is 1.33 bits per heavy atom. The van der Waals surface area contributed by atoms with Crippen LogP contribution in [0.1, 0.15) is 43.9 Å². The van der Waals surface area contributed by atoms with E-state index in [0.29, 0.717) is 12.8 Å². The third-order valence-corrected chi connectivity index (χ3v) is 3.16. The number of amides is 1. The number of ether oxygens (including phenoxy) is 1. The molecular weight excluding hydrogens is 266 g/mol. The van der Waals surface area contributed by atoms with Gasteiger partial charge in [0.25, 0.3) is 0 Å². The van der Waals surface area contributed by atoms with Crippen molar-refractivity contribution in [2.75, 3.05) is 6.61 Å². The second-order valence-electron chi connectivity index (χ2n) is 6.49. The van der Waals surface area contributed by atoms with E-state index in [0.717, 1.165) is 0 Å². The highest BCUT2D eigenvalue weighted by Gasteiger charge is 2.20. The van der Waals surface area contributed by atoms with Crippen LogP contribution in [-0.4, -0.2) is 29.4 Å². The SMILES string of the molecule is Cc1ccc(CC(CCO)NC(=O)OC(C)(C)C)c(C)c1. The molecule has 0 fully saturated rings. The molecule has 0 saturated carbocycles. The van der Waals surface area contributed by atoms with Crippen molar-refractivity contribution in [1.29, 1.82) is 0 Å². The summed E-state index contributed by atoms with van der Waals surface area (Å²) >= 11 is 0. The average molecular weight is 293 g/mol. The first-order valence-electron chi connectivity index (χ1n) is 7.38. The first-order chi connectivity index (χ1) is 9.71. The maximum Gasteiger partial charge on any atom is 0.407 e. The van der Waals surface area contributed by atoms with Gasteiger partial charge in [-0.15, -0.1) is 0 Å². The Morgan fingerprint density at radius 2 is 2.00 bits per heavy atom. The van der Waals surface area contributed by atoms with Gasteiger partial charge in [-0.1, -0.05) is 23.8 Å². The van der Waals surface area contributed by atoms with Crippen LogP contribution < -0.4 is 5.32 Å². The topological polar surface area (TPSA) is 58.6 Å². The van der Waals surface area contributed by atoms with E-state index in [1.54, 1.807) is 0 Å². The molecule has 1 rings (SSSR count). The zero-order valence-electron chi connectivity index (χ0n) is 13.7. The summed E-state index contributed by atoms with van der Waals surface area (Å²) in [6, 6.07) is 6.13. The van der Waals surface area contributed by atoms with Gasteiger partial charge in [0.05, 0.1) is 0 Å². The Labute approximate surface area is 127 Å². The molecule has 0 aliphatic heterocycles. The van der Waals surface area contributed by atoms with E-state index in [1.165, 1.54) is 16.7 Å². The van der Waals surface area contributed by atoms with E-state index in [4.69, 9.17) is 4.74 Å². The summed E-state index contributed by atoms with van der Waals surface area (Å²) in [7, 11) is 0. The van der Waals surface area contributed by atoms with E-state index in [9.17, 15) is 9.90 Å². The zero-order chi connectivity index (χ0) is 16.0. The van der Waals surface area contributed by atoms with Crippen molar-refractivity contribution < 1.29 is 14.6 Å². The van der Waals surface area contributed by atoms with Crippen molar-refractivity contribution in [2.45, 2.75) is 59.1 Å². The van der Waals surface area contributed by atoms with Crippen LogP contribution in [0.3, 0.4) is 0 Å². The van der Waals surface area contributed by atoms with Crippen LogP contribution in [-0.2, 0) is 11.2 Å². The summed E-state index contributed by atoms with van der Waals surface area (Å²) < 4.78 is 5.27. The Kier molecular flexibility index (Phi) is 6.21. The second kappa shape index (κ2) is 7.46. The molecule has 118 valence electrons. The first kappa shape index (κ1) is 17.5. The molecule has 2 N–H and O–H groups in total. The number of rotatable bonds is 5. The van der Waals surface area contributed by atoms with E-state index in [1.807, 2.05) is 20.8 Å². The van der Waals surface area contributed by atoms with E-state index in [-0.39, 0.29) is 12.6 Å². The molecular formula is C17H27NO3. The summed E-state index contributed by atoms with van der Waals surface area (Å²) in [4.78, 5) is 11.9. The number of hydrogen-bond acceptors (Lipinski definition) is 3. The van der Waals surface area contributed by atoms with Gasteiger partial charge < -0.3 is 15.2 Å². The number of hydrogen-bond donors (Lipinski definition) is 2. The smallest absolute Gasteiger partial charge is 0.407 e. The summed E-state index contributed by atoms with van der Waals surface area (Å²) in [5.74, 6) is 0. The zero-order valence-corrected chi connectivity index (χ0v) is 13.7. The predicted octanol–water partition coefficient (Wildman–Crippen LogP) is 3.12. The van der Waals surface area contributed by atoms with Crippen LogP contribution in [0.25, 0.3) is 0 Å². The van der Waals surface area contributed by atoms with Gasteiger partial charge in [-0.05, 0) is 58.6 Å². The van der Waals surface area contributed by atoms with Gasteiger partial charge in [0.15, 0.2) is 0 Å². The van der Waals surface area contributed by atoms with Gasteiger partial charge in [0, 0.05) is 12.6 Å². The number of carbonyl (C=O) groups excluding carboxylic acids is 1. The normalized spacial score (nSPS) is 12.9. The second-order valence-corrected chi connectivity index (χ2v) is 6.49. The number of aliphatic hydroxyl groups is 1. The van der Waals surface area contributed by atoms with Crippen LogP contribution in [0, 0.1) is 13.8 Å². The van der Waals surface area contributed by atoms with Crippen LogP contribution in [0.5, 0.6) is 0 Å². The minimum absolute atomic E-state index is 0.0331. The molecule has 0 bridgehead atoms.